The van der Waals surface area contributed by atoms with Gasteiger partial charge in [0.25, 0.3) is 0 Å². The van der Waals surface area contributed by atoms with Crippen molar-refractivity contribution in [2.24, 2.45) is 0 Å². The number of nitriles is 1. The largest absolute Gasteiger partial charge is 0.359 e. The summed E-state index contributed by atoms with van der Waals surface area (Å²) in [7, 11) is 1.56. The van der Waals surface area contributed by atoms with Crippen molar-refractivity contribution in [2.75, 3.05) is 7.05 Å². The molecule has 1 unspecified atom stereocenters. The first kappa shape index (κ1) is 10.9. The van der Waals surface area contributed by atoms with Crippen LogP contribution in [0.1, 0.15) is 20.3 Å². The minimum atomic E-state index is -0.384. The van der Waals surface area contributed by atoms with Gasteiger partial charge in [-0.2, -0.15) is 5.26 Å². The van der Waals surface area contributed by atoms with Crippen LogP contribution >= 0.6 is 0 Å². The summed E-state index contributed by atoms with van der Waals surface area (Å²) in [5.41, 5.74) is 0. The molecule has 0 saturated heterocycles. The molecule has 12 heavy (non-hydrogen) atoms. The van der Waals surface area contributed by atoms with Crippen molar-refractivity contribution >= 4 is 5.91 Å². The molecule has 1 atom stereocenters. The van der Waals surface area contributed by atoms with E-state index in [-0.39, 0.29) is 24.4 Å². The Morgan fingerprint density at radius 2 is 2.17 bits per heavy atom. The molecule has 0 spiro atoms. The lowest BCUT2D eigenvalue weighted by Crippen LogP contribution is -2.37. The molecule has 0 heterocycles. The van der Waals surface area contributed by atoms with Gasteiger partial charge in [0.15, 0.2) is 0 Å². The molecule has 4 nitrogen and oxygen atoms in total. The van der Waals surface area contributed by atoms with E-state index in [2.05, 4.69) is 10.6 Å². The van der Waals surface area contributed by atoms with Crippen molar-refractivity contribution in [2.45, 2.75) is 32.4 Å². The Kier molecular flexibility index (Phi) is 5.06. The summed E-state index contributed by atoms with van der Waals surface area (Å²) >= 11 is 0. The van der Waals surface area contributed by atoms with Crippen LogP contribution < -0.4 is 10.6 Å². The van der Waals surface area contributed by atoms with Gasteiger partial charge in [-0.15, -0.1) is 0 Å². The number of nitrogens with one attached hydrogen (secondary N) is 2. The first-order valence-corrected chi connectivity index (χ1v) is 3.96. The van der Waals surface area contributed by atoms with Gasteiger partial charge in [-0.25, -0.2) is 0 Å². The maximum Gasteiger partial charge on any atom is 0.222 e. The van der Waals surface area contributed by atoms with Gasteiger partial charge in [-0.1, -0.05) is 0 Å². The molecule has 0 aromatic rings. The van der Waals surface area contributed by atoms with Crippen molar-refractivity contribution in [3.05, 3.63) is 0 Å². The van der Waals surface area contributed by atoms with Crippen LogP contribution in [0.4, 0.5) is 0 Å². The highest BCUT2D eigenvalue weighted by molar-refractivity contribution is 5.76. The molecule has 0 saturated carbocycles. The number of amides is 1. The van der Waals surface area contributed by atoms with Gasteiger partial charge in [0.1, 0.15) is 6.04 Å². The van der Waals surface area contributed by atoms with Crippen molar-refractivity contribution in [1.29, 1.82) is 5.26 Å². The smallest absolute Gasteiger partial charge is 0.222 e. The van der Waals surface area contributed by atoms with Crippen LogP contribution in [-0.2, 0) is 4.79 Å². The summed E-state index contributed by atoms with van der Waals surface area (Å²) in [6.45, 7) is 3.88. The molecule has 0 fully saturated rings. The molecule has 0 aromatic heterocycles. The molecule has 0 aromatic carbocycles. The van der Waals surface area contributed by atoms with Crippen LogP contribution in [0.2, 0.25) is 0 Å². The highest BCUT2D eigenvalue weighted by Gasteiger charge is 2.11. The lowest BCUT2D eigenvalue weighted by Gasteiger charge is -2.12. The number of carbonyl (C=O) groups is 1. The van der Waals surface area contributed by atoms with Gasteiger partial charge in [0.2, 0.25) is 5.91 Å². The first-order chi connectivity index (χ1) is 5.60. The quantitative estimate of drug-likeness (QED) is 0.623. The minimum absolute atomic E-state index is 0.116. The van der Waals surface area contributed by atoms with Crippen LogP contribution in [0.15, 0.2) is 0 Å². The van der Waals surface area contributed by atoms with Crippen LogP contribution in [0, 0.1) is 11.3 Å². The maximum atomic E-state index is 10.9. The summed E-state index contributed by atoms with van der Waals surface area (Å²) in [5.74, 6) is -0.116. The molecule has 0 bridgehead atoms. The number of hydrogen-bond donors (Lipinski definition) is 2. The summed E-state index contributed by atoms with van der Waals surface area (Å²) in [6.07, 6.45) is 0.213. The zero-order chi connectivity index (χ0) is 9.56. The van der Waals surface area contributed by atoms with E-state index in [1.807, 2.05) is 19.9 Å². The van der Waals surface area contributed by atoms with Crippen LogP contribution in [0.25, 0.3) is 0 Å². The molecule has 2 N–H and O–H groups in total. The van der Waals surface area contributed by atoms with Gasteiger partial charge in [-0.3, -0.25) is 10.1 Å². The zero-order valence-corrected chi connectivity index (χ0v) is 7.72. The van der Waals surface area contributed by atoms with Crippen molar-refractivity contribution < 1.29 is 4.79 Å². The Labute approximate surface area is 72.9 Å². The molecule has 0 rings (SSSR count). The van der Waals surface area contributed by atoms with E-state index in [0.29, 0.717) is 0 Å². The number of hydrogen-bond acceptors (Lipinski definition) is 3. The lowest BCUT2D eigenvalue weighted by atomic mass is 10.2. The second-order valence-electron chi connectivity index (χ2n) is 2.88. The molecular weight excluding hydrogens is 154 g/mol. The van der Waals surface area contributed by atoms with E-state index < -0.39 is 0 Å². The average molecular weight is 169 g/mol. The van der Waals surface area contributed by atoms with Gasteiger partial charge in [0.05, 0.1) is 12.5 Å². The van der Waals surface area contributed by atoms with Crippen molar-refractivity contribution in [3.63, 3.8) is 0 Å². The molecule has 0 aliphatic carbocycles. The van der Waals surface area contributed by atoms with E-state index >= 15 is 0 Å². The van der Waals surface area contributed by atoms with Gasteiger partial charge in [0, 0.05) is 13.1 Å². The topological polar surface area (TPSA) is 64.9 Å². The molecule has 1 amide bonds. The Hall–Kier alpha value is -1.08. The average Bonchev–Trinajstić information content (AvgIpc) is 2.02. The summed E-state index contributed by atoms with van der Waals surface area (Å²) in [4.78, 5) is 10.9. The maximum absolute atomic E-state index is 10.9. The second-order valence-corrected chi connectivity index (χ2v) is 2.88. The molecule has 68 valence electrons. The Morgan fingerprint density at radius 1 is 1.58 bits per heavy atom. The van der Waals surface area contributed by atoms with Gasteiger partial charge >= 0.3 is 0 Å². The fourth-order valence-corrected chi connectivity index (χ4v) is 0.832. The zero-order valence-electron chi connectivity index (χ0n) is 7.72. The van der Waals surface area contributed by atoms with E-state index in [0.717, 1.165) is 0 Å². The first-order valence-electron chi connectivity index (χ1n) is 3.96. The third-order valence-corrected chi connectivity index (χ3v) is 1.36. The number of rotatable bonds is 4. The molecule has 4 heteroatoms. The summed E-state index contributed by atoms with van der Waals surface area (Å²) in [5, 5.41) is 14.1. The molecule has 0 aliphatic rings. The predicted octanol–water partition coefficient (Wildman–Crippen LogP) is 0.0127. The minimum Gasteiger partial charge on any atom is -0.359 e. The Bertz CT molecular complexity index is 183. The Balaban J connectivity index is 3.85. The highest BCUT2D eigenvalue weighted by Crippen LogP contribution is 1.92. The summed E-state index contributed by atoms with van der Waals surface area (Å²) < 4.78 is 0. The summed E-state index contributed by atoms with van der Waals surface area (Å²) in [6, 6.07) is 1.86. The van der Waals surface area contributed by atoms with E-state index in [1.54, 1.807) is 7.05 Å². The van der Waals surface area contributed by atoms with E-state index in [4.69, 9.17) is 5.26 Å². The van der Waals surface area contributed by atoms with Crippen molar-refractivity contribution in [1.82, 2.24) is 10.6 Å². The normalized spacial score (nSPS) is 12.2. The highest BCUT2D eigenvalue weighted by atomic mass is 16.1. The standard InChI is InChI=1S/C8H15N3O/c1-6(2)11-7(5-9)4-8(12)10-3/h6-7,11H,4H2,1-3H3,(H,10,12). The van der Waals surface area contributed by atoms with Crippen LogP contribution in [0.3, 0.4) is 0 Å². The van der Waals surface area contributed by atoms with Crippen LogP contribution in [0.5, 0.6) is 0 Å². The fourth-order valence-electron chi connectivity index (χ4n) is 0.832. The fraction of sp³-hybridized carbons (Fsp3) is 0.750. The van der Waals surface area contributed by atoms with Gasteiger partial charge in [-0.05, 0) is 13.8 Å². The van der Waals surface area contributed by atoms with E-state index in [1.165, 1.54) is 0 Å². The van der Waals surface area contributed by atoms with Crippen molar-refractivity contribution in [3.8, 4) is 6.07 Å². The Morgan fingerprint density at radius 3 is 2.50 bits per heavy atom. The predicted molar refractivity (Wildman–Crippen MR) is 46.4 cm³/mol. The van der Waals surface area contributed by atoms with E-state index in [9.17, 15) is 4.79 Å². The third-order valence-electron chi connectivity index (χ3n) is 1.36. The number of carbonyl (C=O) groups excluding carboxylic acids is 1. The molecular formula is C8H15N3O. The monoisotopic (exact) mass is 169 g/mol. The third kappa shape index (κ3) is 4.69. The van der Waals surface area contributed by atoms with Crippen LogP contribution in [-0.4, -0.2) is 25.0 Å². The SMILES string of the molecule is CNC(=O)CC(C#N)NC(C)C. The molecule has 0 aliphatic heterocycles. The van der Waals surface area contributed by atoms with Gasteiger partial charge < -0.3 is 5.32 Å². The molecule has 0 radical (unpaired) electrons. The second kappa shape index (κ2) is 5.56. The number of nitrogens with zero attached hydrogens (tertiary/aromatic N) is 1. The lowest BCUT2D eigenvalue weighted by molar-refractivity contribution is -0.120.